The Kier molecular flexibility index (Phi) is 67.1. The van der Waals surface area contributed by atoms with Crippen molar-refractivity contribution in [1.29, 1.82) is 0 Å². The Labute approximate surface area is 504 Å². The minimum Gasteiger partial charge on any atom is -0.462 e. The van der Waals surface area contributed by atoms with Gasteiger partial charge in [-0.25, -0.2) is 0 Å². The first-order valence-corrected chi connectivity index (χ1v) is 35.8. The van der Waals surface area contributed by atoms with Crippen molar-refractivity contribution in [1.82, 2.24) is 0 Å². The van der Waals surface area contributed by atoms with E-state index < -0.39 is 6.10 Å². The number of ether oxygens (including phenoxy) is 3. The number of unbranched alkanes of at least 4 members (excludes halogenated alkanes) is 45. The first-order valence-electron chi connectivity index (χ1n) is 35.8. The van der Waals surface area contributed by atoms with E-state index in [-0.39, 0.29) is 31.1 Å². The van der Waals surface area contributed by atoms with Crippen molar-refractivity contribution in [3.63, 3.8) is 0 Å². The lowest BCUT2D eigenvalue weighted by atomic mass is 10.0. The molecule has 81 heavy (non-hydrogen) atoms. The Hall–Kier alpha value is -2.89. The zero-order chi connectivity index (χ0) is 58.5. The minimum atomic E-state index is -0.778. The van der Waals surface area contributed by atoms with Crippen LogP contribution >= 0.6 is 0 Å². The van der Waals surface area contributed by atoms with E-state index in [1.54, 1.807) is 0 Å². The maximum absolute atomic E-state index is 12.9. The molecule has 0 aromatic rings. The molecule has 0 aliphatic rings. The molecule has 0 aromatic heterocycles. The van der Waals surface area contributed by atoms with Crippen molar-refractivity contribution in [2.45, 2.75) is 386 Å². The molecule has 0 bridgehead atoms. The van der Waals surface area contributed by atoms with Crippen molar-refractivity contribution in [3.8, 4) is 0 Å². The van der Waals surface area contributed by atoms with Crippen LogP contribution in [-0.2, 0) is 28.6 Å². The second-order valence-electron chi connectivity index (χ2n) is 24.1. The Bertz CT molecular complexity index is 1440. The molecule has 472 valence electrons. The van der Waals surface area contributed by atoms with E-state index in [0.717, 1.165) is 96.3 Å². The van der Waals surface area contributed by atoms with Crippen LogP contribution in [0.25, 0.3) is 0 Å². The van der Waals surface area contributed by atoms with Crippen LogP contribution in [0.4, 0.5) is 0 Å². The van der Waals surface area contributed by atoms with Gasteiger partial charge in [-0.05, 0) is 64.2 Å². The molecule has 0 spiro atoms. The topological polar surface area (TPSA) is 78.9 Å². The number of allylic oxidation sites excluding steroid dienone is 10. The average molecular weight is 1130 g/mol. The van der Waals surface area contributed by atoms with Crippen molar-refractivity contribution in [2.24, 2.45) is 0 Å². The van der Waals surface area contributed by atoms with Gasteiger partial charge in [0.2, 0.25) is 0 Å². The molecular formula is C75H136O6. The van der Waals surface area contributed by atoms with E-state index in [4.69, 9.17) is 14.2 Å². The van der Waals surface area contributed by atoms with Crippen molar-refractivity contribution in [2.75, 3.05) is 13.2 Å². The molecule has 0 heterocycles. The summed E-state index contributed by atoms with van der Waals surface area (Å²) in [5, 5.41) is 0. The predicted octanol–water partition coefficient (Wildman–Crippen LogP) is 24.7. The number of hydrogen-bond donors (Lipinski definition) is 0. The van der Waals surface area contributed by atoms with E-state index in [1.807, 2.05) is 0 Å². The van der Waals surface area contributed by atoms with E-state index in [1.165, 1.54) is 244 Å². The average Bonchev–Trinajstić information content (AvgIpc) is 3.47. The number of hydrogen-bond acceptors (Lipinski definition) is 6. The third-order valence-corrected chi connectivity index (χ3v) is 16.0. The van der Waals surface area contributed by atoms with Crippen molar-refractivity contribution < 1.29 is 28.6 Å². The van der Waals surface area contributed by atoms with Crippen LogP contribution in [-0.4, -0.2) is 37.2 Å². The SMILES string of the molecule is CC/C=C\C/C=C\C/C=C\C/C=C\C/C=C\CCCCCCCCCC(=O)OC(COC(=O)CCCCCCCCCCC)COC(=O)CCCCCCCCCCCCCCCCCCCCCCCCCCCCCCCCC. The summed E-state index contributed by atoms with van der Waals surface area (Å²) < 4.78 is 16.9. The van der Waals surface area contributed by atoms with Crippen LogP contribution in [0, 0.1) is 0 Å². The van der Waals surface area contributed by atoms with Gasteiger partial charge in [-0.3, -0.25) is 14.4 Å². The Morgan fingerprint density at radius 1 is 0.259 bits per heavy atom. The van der Waals surface area contributed by atoms with E-state index >= 15 is 0 Å². The molecule has 0 aliphatic carbocycles. The standard InChI is InChI=1S/C75H136O6/c1-4-7-10-13-16-19-21-23-25-27-29-31-33-34-35-36-37-38-39-40-42-43-45-47-49-51-53-56-59-62-65-68-74(77)80-71-72(70-79-73(76)67-64-61-58-55-18-15-12-9-6-3)81-75(78)69-66-63-60-57-54-52-50-48-46-44-41-32-30-28-26-24-22-20-17-14-11-8-5-2/h8,11,17,20,24,26,30,32,44,46,72H,4-7,9-10,12-16,18-19,21-23,25,27-29,31,33-43,45,47-71H2,1-3H3/b11-8-,20-17-,26-24-,32-30-,46-44-. The smallest absolute Gasteiger partial charge is 0.306 e. The summed E-state index contributed by atoms with van der Waals surface area (Å²) in [6, 6.07) is 0. The Balaban J connectivity index is 4.09. The summed E-state index contributed by atoms with van der Waals surface area (Å²) in [5.41, 5.74) is 0. The third kappa shape index (κ3) is 67.8. The van der Waals surface area contributed by atoms with Crippen LogP contribution in [0.5, 0.6) is 0 Å². The van der Waals surface area contributed by atoms with Gasteiger partial charge in [0.1, 0.15) is 13.2 Å². The fourth-order valence-corrected chi connectivity index (χ4v) is 10.7. The fourth-order valence-electron chi connectivity index (χ4n) is 10.7. The van der Waals surface area contributed by atoms with Gasteiger partial charge in [0, 0.05) is 19.3 Å². The lowest BCUT2D eigenvalue weighted by Gasteiger charge is -2.18. The van der Waals surface area contributed by atoms with E-state index in [2.05, 4.69) is 81.5 Å². The molecule has 0 saturated carbocycles. The highest BCUT2D eigenvalue weighted by molar-refractivity contribution is 5.71. The van der Waals surface area contributed by atoms with Crippen molar-refractivity contribution in [3.05, 3.63) is 60.8 Å². The summed E-state index contributed by atoms with van der Waals surface area (Å²) in [6.07, 6.45) is 89.9. The first kappa shape index (κ1) is 78.1. The number of esters is 3. The van der Waals surface area contributed by atoms with Gasteiger partial charge >= 0.3 is 17.9 Å². The summed E-state index contributed by atoms with van der Waals surface area (Å²) in [4.78, 5) is 38.3. The number of carbonyl (C=O) groups is 3. The van der Waals surface area contributed by atoms with Crippen LogP contribution in [0.2, 0.25) is 0 Å². The van der Waals surface area contributed by atoms with Crippen molar-refractivity contribution >= 4 is 17.9 Å². The molecule has 1 unspecified atom stereocenters. The van der Waals surface area contributed by atoms with Gasteiger partial charge < -0.3 is 14.2 Å². The van der Waals surface area contributed by atoms with Crippen LogP contribution in [0.1, 0.15) is 380 Å². The predicted molar refractivity (Wildman–Crippen MR) is 353 cm³/mol. The fraction of sp³-hybridized carbons (Fsp3) is 0.827. The maximum atomic E-state index is 12.9. The Morgan fingerprint density at radius 3 is 0.753 bits per heavy atom. The molecule has 0 rings (SSSR count). The summed E-state index contributed by atoms with van der Waals surface area (Å²) in [7, 11) is 0. The van der Waals surface area contributed by atoms with E-state index in [0.29, 0.717) is 19.3 Å². The minimum absolute atomic E-state index is 0.0743. The number of carbonyl (C=O) groups excluding carboxylic acids is 3. The van der Waals surface area contributed by atoms with Crippen LogP contribution in [0.3, 0.4) is 0 Å². The second-order valence-corrected chi connectivity index (χ2v) is 24.1. The highest BCUT2D eigenvalue weighted by Gasteiger charge is 2.19. The van der Waals surface area contributed by atoms with Gasteiger partial charge in [-0.2, -0.15) is 0 Å². The highest BCUT2D eigenvalue weighted by Crippen LogP contribution is 2.19. The second kappa shape index (κ2) is 69.6. The van der Waals surface area contributed by atoms with Gasteiger partial charge in [0.05, 0.1) is 0 Å². The molecule has 0 aromatic carbocycles. The highest BCUT2D eigenvalue weighted by atomic mass is 16.6. The van der Waals surface area contributed by atoms with Gasteiger partial charge in [-0.1, -0.05) is 358 Å². The lowest BCUT2D eigenvalue weighted by Crippen LogP contribution is -2.30. The molecule has 1 atom stereocenters. The summed E-state index contributed by atoms with van der Waals surface area (Å²) >= 11 is 0. The lowest BCUT2D eigenvalue weighted by molar-refractivity contribution is -0.167. The monoisotopic (exact) mass is 1130 g/mol. The molecule has 6 nitrogen and oxygen atoms in total. The molecule has 0 fully saturated rings. The van der Waals surface area contributed by atoms with E-state index in [9.17, 15) is 14.4 Å². The quantitative estimate of drug-likeness (QED) is 0.0261. The van der Waals surface area contributed by atoms with Gasteiger partial charge in [-0.15, -0.1) is 0 Å². The molecule has 0 amide bonds. The van der Waals surface area contributed by atoms with Gasteiger partial charge in [0.25, 0.3) is 0 Å². The normalized spacial score (nSPS) is 12.4. The largest absolute Gasteiger partial charge is 0.462 e. The first-order chi connectivity index (χ1) is 40.0. The summed E-state index contributed by atoms with van der Waals surface area (Å²) in [6.45, 7) is 6.56. The third-order valence-electron chi connectivity index (χ3n) is 16.0. The molecule has 0 saturated heterocycles. The van der Waals surface area contributed by atoms with Crippen LogP contribution < -0.4 is 0 Å². The van der Waals surface area contributed by atoms with Crippen LogP contribution in [0.15, 0.2) is 60.8 Å². The molecule has 0 radical (unpaired) electrons. The van der Waals surface area contributed by atoms with Gasteiger partial charge in [0.15, 0.2) is 6.10 Å². The molecular weight excluding hydrogens is 997 g/mol. The number of rotatable bonds is 66. The maximum Gasteiger partial charge on any atom is 0.306 e. The zero-order valence-corrected chi connectivity index (χ0v) is 54.3. The Morgan fingerprint density at radius 2 is 0.481 bits per heavy atom. The molecule has 0 aliphatic heterocycles. The molecule has 6 heteroatoms. The summed E-state index contributed by atoms with van der Waals surface area (Å²) in [5.74, 6) is -0.867. The zero-order valence-electron chi connectivity index (χ0n) is 54.3. The molecule has 0 N–H and O–H groups in total.